The topological polar surface area (TPSA) is 72.5 Å². The Morgan fingerprint density at radius 3 is 2.69 bits per heavy atom. The fourth-order valence-electron chi connectivity index (χ4n) is 4.55. The molecule has 0 saturated carbocycles. The average Bonchev–Trinajstić information content (AvgIpc) is 3.36. The first-order chi connectivity index (χ1) is 16.6. The molecule has 186 valence electrons. The molecule has 8 nitrogen and oxygen atoms in total. The lowest BCUT2D eigenvalue weighted by Gasteiger charge is -2.19. The summed E-state index contributed by atoms with van der Waals surface area (Å²) >= 11 is 0. The van der Waals surface area contributed by atoms with Gasteiger partial charge in [-0.15, -0.1) is 5.10 Å². The number of methoxy groups -OCH3 is 1. The highest BCUT2D eigenvalue weighted by atomic mass is 19.3. The van der Waals surface area contributed by atoms with Crippen LogP contribution in [0.25, 0.3) is 27.7 Å². The summed E-state index contributed by atoms with van der Waals surface area (Å²) in [6.07, 6.45) is -1.50. The van der Waals surface area contributed by atoms with Gasteiger partial charge in [0.15, 0.2) is 5.82 Å². The number of alkyl halides is 4. The zero-order valence-electron chi connectivity index (χ0n) is 19.1. The van der Waals surface area contributed by atoms with Crippen molar-refractivity contribution in [3.05, 3.63) is 36.0 Å². The van der Waals surface area contributed by atoms with Crippen molar-refractivity contribution in [3.63, 3.8) is 0 Å². The van der Waals surface area contributed by atoms with Crippen LogP contribution >= 0.6 is 0 Å². The average molecular weight is 495 g/mol. The third-order valence-corrected chi connectivity index (χ3v) is 6.08. The number of aryl methyl sites for hydroxylation is 1. The Hall–Kier alpha value is -3.48. The number of halogens is 5. The van der Waals surface area contributed by atoms with Crippen molar-refractivity contribution >= 4 is 22.5 Å². The molecular formula is C22H22F5N7O. The SMILES string of the molecule is COc1nc(NC2CN(C)CC2(F)F)nn2cc(F)c(-c3ccc4nc(C)n(CC(F)F)c4c3)c12. The number of hydrogen-bond acceptors (Lipinski definition) is 6. The zero-order chi connectivity index (χ0) is 25.1. The normalized spacial score (nSPS) is 18.3. The van der Waals surface area contributed by atoms with Crippen molar-refractivity contribution in [1.82, 2.24) is 29.0 Å². The Morgan fingerprint density at radius 2 is 2.03 bits per heavy atom. The first kappa shape index (κ1) is 23.3. The molecule has 0 aliphatic carbocycles. The van der Waals surface area contributed by atoms with Gasteiger partial charge in [0, 0.05) is 6.54 Å². The Labute approximate surface area is 196 Å². The van der Waals surface area contributed by atoms with Crippen molar-refractivity contribution in [2.45, 2.75) is 31.9 Å². The maximum absolute atomic E-state index is 15.2. The maximum Gasteiger partial charge on any atom is 0.281 e. The van der Waals surface area contributed by atoms with E-state index in [2.05, 4.69) is 20.4 Å². The highest BCUT2D eigenvalue weighted by Gasteiger charge is 2.47. The van der Waals surface area contributed by atoms with Crippen LogP contribution in [0.2, 0.25) is 0 Å². The number of nitrogens with zero attached hydrogens (tertiary/aromatic N) is 6. The molecule has 1 fully saturated rings. The van der Waals surface area contributed by atoms with Crippen molar-refractivity contribution in [1.29, 1.82) is 0 Å². The summed E-state index contributed by atoms with van der Waals surface area (Å²) in [6, 6.07) is 3.57. The van der Waals surface area contributed by atoms with Crippen LogP contribution in [0.1, 0.15) is 5.82 Å². The van der Waals surface area contributed by atoms with Crippen LogP contribution in [-0.2, 0) is 6.54 Å². The highest BCUT2D eigenvalue weighted by Crippen LogP contribution is 2.36. The van der Waals surface area contributed by atoms with Crippen LogP contribution in [0.5, 0.6) is 5.88 Å². The van der Waals surface area contributed by atoms with Gasteiger partial charge in [-0.1, -0.05) is 6.07 Å². The number of anilines is 1. The Kier molecular flexibility index (Phi) is 5.54. The van der Waals surface area contributed by atoms with Gasteiger partial charge in [-0.3, -0.25) is 4.90 Å². The van der Waals surface area contributed by atoms with Gasteiger partial charge in [0.1, 0.15) is 17.4 Å². The molecule has 1 saturated heterocycles. The molecule has 1 aliphatic rings. The van der Waals surface area contributed by atoms with Crippen LogP contribution in [0, 0.1) is 12.7 Å². The third kappa shape index (κ3) is 4.03. The standard InChI is InChI=1S/C22H22F5N7O/c1-11-28-14-5-4-12(6-15(14)33(11)9-17(24)25)18-13(23)7-34-19(18)20(35-3)30-21(31-34)29-16-8-32(2)10-22(16,26)27/h4-7,16-17H,8-10H2,1-3H3,(H,29,31). The lowest BCUT2D eigenvalue weighted by Crippen LogP contribution is -2.38. The third-order valence-electron chi connectivity index (χ3n) is 6.08. The second kappa shape index (κ2) is 8.33. The molecule has 3 aromatic heterocycles. The van der Waals surface area contributed by atoms with E-state index in [1.807, 2.05) is 0 Å². The van der Waals surface area contributed by atoms with E-state index in [4.69, 9.17) is 4.74 Å². The van der Waals surface area contributed by atoms with Crippen LogP contribution < -0.4 is 10.1 Å². The molecule has 4 heterocycles. The summed E-state index contributed by atoms with van der Waals surface area (Å²) < 4.78 is 77.8. The Morgan fingerprint density at radius 1 is 1.26 bits per heavy atom. The second-order valence-electron chi connectivity index (χ2n) is 8.61. The quantitative estimate of drug-likeness (QED) is 0.410. The minimum Gasteiger partial charge on any atom is -0.479 e. The first-order valence-electron chi connectivity index (χ1n) is 10.8. The van der Waals surface area contributed by atoms with Crippen molar-refractivity contribution < 1.29 is 26.7 Å². The van der Waals surface area contributed by atoms with E-state index >= 15 is 4.39 Å². The zero-order valence-corrected chi connectivity index (χ0v) is 19.1. The van der Waals surface area contributed by atoms with Gasteiger partial charge in [-0.2, -0.15) is 4.98 Å². The number of benzene rings is 1. The molecule has 1 atom stereocenters. The lowest BCUT2D eigenvalue weighted by molar-refractivity contribution is 0.00582. The maximum atomic E-state index is 15.2. The van der Waals surface area contributed by atoms with Crippen LogP contribution in [0.3, 0.4) is 0 Å². The molecule has 0 spiro atoms. The molecule has 0 bridgehead atoms. The summed E-state index contributed by atoms with van der Waals surface area (Å²) in [7, 11) is 2.91. The fourth-order valence-corrected chi connectivity index (χ4v) is 4.55. The second-order valence-corrected chi connectivity index (χ2v) is 8.61. The van der Waals surface area contributed by atoms with Crippen molar-refractivity contribution in [2.24, 2.45) is 0 Å². The number of nitrogens with one attached hydrogen (secondary N) is 1. The summed E-state index contributed by atoms with van der Waals surface area (Å²) in [5, 5.41) is 6.80. The van der Waals surface area contributed by atoms with Gasteiger partial charge in [-0.05, 0) is 31.7 Å². The van der Waals surface area contributed by atoms with Gasteiger partial charge in [0.05, 0.1) is 43.0 Å². The molecule has 13 heteroatoms. The Balaban J connectivity index is 1.60. The number of hydrogen-bond donors (Lipinski definition) is 1. The molecular weight excluding hydrogens is 473 g/mol. The molecule has 1 aliphatic heterocycles. The highest BCUT2D eigenvalue weighted by molar-refractivity contribution is 5.90. The fraction of sp³-hybridized carbons (Fsp3) is 0.409. The molecule has 4 aromatic rings. The van der Waals surface area contributed by atoms with Crippen LogP contribution in [0.15, 0.2) is 24.4 Å². The number of ether oxygens (including phenoxy) is 1. The van der Waals surface area contributed by atoms with E-state index in [9.17, 15) is 17.6 Å². The van der Waals surface area contributed by atoms with Crippen LogP contribution in [-0.4, -0.2) is 74.7 Å². The molecule has 1 N–H and O–H groups in total. The number of imidazole rings is 1. The Bertz CT molecular complexity index is 1420. The number of likely N-dealkylation sites (tertiary alicyclic amines) is 1. The number of likely N-dealkylation sites (N-methyl/N-ethyl adjacent to an activating group) is 1. The van der Waals surface area contributed by atoms with E-state index < -0.39 is 37.3 Å². The molecule has 1 aromatic carbocycles. The first-order valence-corrected chi connectivity index (χ1v) is 10.8. The summed E-state index contributed by atoms with van der Waals surface area (Å²) in [5.41, 5.74) is 1.54. The summed E-state index contributed by atoms with van der Waals surface area (Å²) in [6.45, 7) is 0.741. The van der Waals surface area contributed by atoms with Gasteiger partial charge < -0.3 is 14.6 Å². The van der Waals surface area contributed by atoms with E-state index in [1.54, 1.807) is 32.2 Å². The van der Waals surface area contributed by atoms with E-state index in [0.717, 1.165) is 6.20 Å². The van der Waals surface area contributed by atoms with Gasteiger partial charge in [0.25, 0.3) is 12.3 Å². The number of fused-ring (bicyclic) bond motifs is 2. The molecule has 35 heavy (non-hydrogen) atoms. The van der Waals surface area contributed by atoms with Gasteiger partial charge in [0.2, 0.25) is 11.8 Å². The molecule has 0 radical (unpaired) electrons. The predicted molar refractivity (Wildman–Crippen MR) is 119 cm³/mol. The largest absolute Gasteiger partial charge is 0.479 e. The van der Waals surface area contributed by atoms with Crippen LogP contribution in [0.4, 0.5) is 27.9 Å². The molecule has 5 rings (SSSR count). The molecule has 1 unspecified atom stereocenters. The number of aromatic nitrogens is 5. The van der Waals surface area contributed by atoms with Crippen molar-refractivity contribution in [3.8, 4) is 17.0 Å². The van der Waals surface area contributed by atoms with Gasteiger partial charge in [-0.25, -0.2) is 31.5 Å². The lowest BCUT2D eigenvalue weighted by atomic mass is 10.1. The number of rotatable bonds is 6. The van der Waals surface area contributed by atoms with Crippen molar-refractivity contribution in [2.75, 3.05) is 32.6 Å². The van der Waals surface area contributed by atoms with E-state index in [0.29, 0.717) is 22.4 Å². The summed E-state index contributed by atoms with van der Waals surface area (Å²) in [4.78, 5) is 9.97. The monoisotopic (exact) mass is 495 g/mol. The molecule has 0 amide bonds. The van der Waals surface area contributed by atoms with E-state index in [-0.39, 0.29) is 29.5 Å². The minimum atomic E-state index is -3.00. The predicted octanol–water partition coefficient (Wildman–Crippen LogP) is 3.83. The minimum absolute atomic E-state index is 0.0339. The summed E-state index contributed by atoms with van der Waals surface area (Å²) in [5.74, 6) is -3.44. The smallest absolute Gasteiger partial charge is 0.281 e. The van der Waals surface area contributed by atoms with E-state index in [1.165, 1.54) is 21.1 Å². The van der Waals surface area contributed by atoms with Gasteiger partial charge >= 0.3 is 0 Å².